The minimum Gasteiger partial charge on any atom is -0.380 e. The van der Waals surface area contributed by atoms with Gasteiger partial charge in [-0.25, -0.2) is 58.0 Å². The van der Waals surface area contributed by atoms with Gasteiger partial charge in [0.25, 0.3) is 17.1 Å². The number of nitrogens with zero attached hydrogens (tertiary/aromatic N) is 10. The third kappa shape index (κ3) is 19.8. The molecular weight excluding hydrogens is 1410 g/mol. The predicted octanol–water partition coefficient (Wildman–Crippen LogP) is 13.5. The standard InChI is InChI=1S/C28H29FN6O2.C21H17ClFN5O.C15H7Cl2FN2O.C7H13NO.C6H11N3/c29-21-6-3-19(4-7-21)25-26(35-14-9-28(10-15-35)17-37-18-28)34-22-8-5-20(16-23(22)33-25)27(36)32-11-1-2-24-30-12-13-31-24;22-20-19(13-3-6-15(23)7-4-13)27-17-12-14(5-8-16(17)28-20)21(29)26-9-1-2-18-24-10-11-25-18;16-14-13(8-1-4-10(18)5-2-8)19-12-7-9(15(17)21)3-6-11(12)20-14;1-3-8-4-2-7(1)5-9-6-7;7-3-1-2-6-8-4-5-9-6/h3-8,12-13,16H,1-2,9-11,14-15,17-18H2,(H,30,31)(H,32,36);3-8,10-12H,1-2,9H2,(H,24,25)(H,26,29);1-7H;8H,1-6H2;4-5H,1-3,7H2,(H,8,9). The lowest BCUT2D eigenvalue weighted by molar-refractivity contribution is -0.127. The van der Waals surface area contributed by atoms with Crippen LogP contribution in [0.15, 0.2) is 165 Å². The Morgan fingerprint density at radius 1 is 0.476 bits per heavy atom. The molecule has 4 saturated heterocycles. The number of fused-ring (bicyclic) bond motifs is 3. The maximum absolute atomic E-state index is 13.7. The van der Waals surface area contributed by atoms with Crippen molar-refractivity contribution in [1.82, 2.24) is 75.8 Å². The van der Waals surface area contributed by atoms with Crippen molar-refractivity contribution in [2.45, 2.75) is 64.2 Å². The van der Waals surface area contributed by atoms with Gasteiger partial charge in [0.15, 0.2) is 16.1 Å². The molecule has 6 aromatic carbocycles. The summed E-state index contributed by atoms with van der Waals surface area (Å²) in [6.45, 7) is 9.67. The summed E-state index contributed by atoms with van der Waals surface area (Å²) in [6, 6.07) is 33.2. The number of H-pyrrole nitrogens is 3. The Balaban J connectivity index is 0.000000135. The molecule has 0 aliphatic carbocycles. The van der Waals surface area contributed by atoms with Crippen molar-refractivity contribution in [3.8, 4) is 33.8 Å². The zero-order valence-electron chi connectivity index (χ0n) is 57.3. The highest BCUT2D eigenvalue weighted by Crippen LogP contribution is 2.42. The summed E-state index contributed by atoms with van der Waals surface area (Å²) in [5.74, 6) is 2.30. The van der Waals surface area contributed by atoms with Gasteiger partial charge >= 0.3 is 0 Å². The molecule has 4 aliphatic rings. The van der Waals surface area contributed by atoms with E-state index in [-0.39, 0.29) is 39.6 Å². The Morgan fingerprint density at radius 3 is 1.24 bits per heavy atom. The second-order valence-corrected chi connectivity index (χ2v) is 27.0. The second kappa shape index (κ2) is 35.6. The summed E-state index contributed by atoms with van der Waals surface area (Å²) in [6.07, 6.45) is 20.4. The minimum atomic E-state index is -0.572. The molecule has 542 valence electrons. The van der Waals surface area contributed by atoms with E-state index in [1.807, 2.05) is 12.3 Å². The molecule has 105 heavy (non-hydrogen) atoms. The van der Waals surface area contributed by atoms with E-state index in [0.29, 0.717) is 96.4 Å². The number of aromatic amines is 3. The Bertz CT molecular complexity index is 4870. The van der Waals surface area contributed by atoms with Crippen molar-refractivity contribution in [1.29, 1.82) is 0 Å². The molecule has 2 spiro atoms. The van der Waals surface area contributed by atoms with Gasteiger partial charge in [0, 0.05) is 127 Å². The van der Waals surface area contributed by atoms with E-state index in [1.54, 1.807) is 116 Å². The van der Waals surface area contributed by atoms with E-state index in [1.165, 1.54) is 62.3 Å². The van der Waals surface area contributed by atoms with Crippen molar-refractivity contribution in [3.05, 3.63) is 226 Å². The molecule has 0 saturated carbocycles. The molecular formula is C77H77Cl3F3N17O5. The van der Waals surface area contributed by atoms with Gasteiger partial charge in [-0.2, -0.15) is 0 Å². The molecule has 4 aliphatic heterocycles. The van der Waals surface area contributed by atoms with Gasteiger partial charge in [-0.1, -0.05) is 23.2 Å². The van der Waals surface area contributed by atoms with Crippen LogP contribution >= 0.6 is 34.8 Å². The number of rotatable bonds is 18. The van der Waals surface area contributed by atoms with Gasteiger partial charge in [-0.05, 0) is 204 Å². The molecule has 0 unspecified atom stereocenters. The first-order valence-corrected chi connectivity index (χ1v) is 35.8. The van der Waals surface area contributed by atoms with Crippen LogP contribution in [0, 0.1) is 28.3 Å². The molecule has 2 amide bonds. The number of nitrogens with two attached hydrogens (primary N) is 1. The fraction of sp³-hybridized carbons (Fsp3) is 0.299. The molecule has 6 aromatic heterocycles. The summed E-state index contributed by atoms with van der Waals surface area (Å²) < 4.78 is 50.5. The van der Waals surface area contributed by atoms with Crippen LogP contribution in [-0.4, -0.2) is 149 Å². The lowest BCUT2D eigenvalue weighted by atomic mass is 9.77. The number of anilines is 1. The number of amides is 2. The quantitative estimate of drug-likeness (QED) is 0.0310. The number of nitrogens with one attached hydrogen (secondary N) is 6. The maximum atomic E-state index is 13.7. The van der Waals surface area contributed by atoms with Crippen molar-refractivity contribution < 1.29 is 37.0 Å². The van der Waals surface area contributed by atoms with Crippen LogP contribution in [0.25, 0.3) is 66.9 Å². The summed E-state index contributed by atoms with van der Waals surface area (Å²) in [5, 5.41) is 9.07. The highest BCUT2D eigenvalue weighted by Gasteiger charge is 2.42. The van der Waals surface area contributed by atoms with Crippen molar-refractivity contribution in [3.63, 3.8) is 0 Å². The highest BCUT2D eigenvalue weighted by atomic mass is 35.5. The zero-order valence-corrected chi connectivity index (χ0v) is 59.6. The number of carbonyl (C=O) groups excluding carboxylic acids is 3. The smallest absolute Gasteiger partial charge is 0.252 e. The average molecular weight is 1480 g/mol. The first kappa shape index (κ1) is 74.6. The Morgan fingerprint density at radius 2 is 0.857 bits per heavy atom. The van der Waals surface area contributed by atoms with Gasteiger partial charge in [-0.15, -0.1) is 0 Å². The first-order valence-electron chi connectivity index (χ1n) is 34.6. The van der Waals surface area contributed by atoms with Crippen LogP contribution in [0.3, 0.4) is 0 Å². The van der Waals surface area contributed by atoms with Gasteiger partial charge in [-0.3, -0.25) is 14.4 Å². The van der Waals surface area contributed by atoms with E-state index < -0.39 is 5.24 Å². The fourth-order valence-electron chi connectivity index (χ4n) is 12.3. The van der Waals surface area contributed by atoms with Crippen LogP contribution in [0.4, 0.5) is 19.0 Å². The lowest BCUT2D eigenvalue weighted by Gasteiger charge is -2.47. The number of carbonyl (C=O) groups is 3. The van der Waals surface area contributed by atoms with Gasteiger partial charge in [0.05, 0.1) is 59.5 Å². The normalized spacial score (nSPS) is 14.6. The number of aryl methyl sites for hydroxylation is 3. The van der Waals surface area contributed by atoms with Gasteiger partial charge in [0.1, 0.15) is 52.0 Å². The van der Waals surface area contributed by atoms with Crippen LogP contribution in [0.2, 0.25) is 10.3 Å². The Kier molecular flexibility index (Phi) is 25.3. The second-order valence-electron chi connectivity index (χ2n) is 26.0. The number of halogens is 6. The third-order valence-electron chi connectivity index (χ3n) is 18.4. The molecule has 0 radical (unpaired) electrons. The van der Waals surface area contributed by atoms with Crippen molar-refractivity contribution >= 4 is 90.8 Å². The van der Waals surface area contributed by atoms with Gasteiger partial charge < -0.3 is 51.0 Å². The molecule has 22 nitrogen and oxygen atoms in total. The minimum absolute atomic E-state index is 0.153. The number of imidazole rings is 3. The van der Waals surface area contributed by atoms with Crippen molar-refractivity contribution in [2.24, 2.45) is 16.6 Å². The number of ether oxygens (including phenoxy) is 2. The van der Waals surface area contributed by atoms with Crippen molar-refractivity contribution in [2.75, 3.05) is 77.1 Å². The molecule has 16 rings (SSSR count). The number of piperidine rings is 2. The van der Waals surface area contributed by atoms with E-state index in [0.717, 1.165) is 132 Å². The largest absolute Gasteiger partial charge is 0.380 e. The topological polar surface area (TPSA) is 298 Å². The molecule has 12 aromatic rings. The maximum Gasteiger partial charge on any atom is 0.252 e. The monoisotopic (exact) mass is 1480 g/mol. The molecule has 0 bridgehead atoms. The highest BCUT2D eigenvalue weighted by molar-refractivity contribution is 6.67. The SMILES string of the molecule is C1CC2(CCN1)COC2.NCCCc1ncc[nH]1.O=C(Cl)c1ccc2nc(Cl)c(-c3ccc(F)cc3)nc2c1.O=C(NCCCc1ncc[nH]1)c1ccc2nc(Cl)c(-c3ccc(F)cc3)nc2c1.O=C(NCCCc1ncc[nH]1)c1ccc2nc(N3CCC4(CC3)COC4)c(-c3ccc(F)cc3)nc2c1. The molecule has 4 fully saturated rings. The van der Waals surface area contributed by atoms with E-state index in [9.17, 15) is 27.6 Å². The summed E-state index contributed by atoms with van der Waals surface area (Å²) in [5.41, 5.74) is 14.7. The fourth-order valence-corrected chi connectivity index (χ4v) is 12.9. The van der Waals surface area contributed by atoms with E-state index in [4.69, 9.17) is 60.0 Å². The predicted molar refractivity (Wildman–Crippen MR) is 400 cm³/mol. The summed E-state index contributed by atoms with van der Waals surface area (Å²) in [7, 11) is 0. The Labute approximate surface area is 618 Å². The van der Waals surface area contributed by atoms with Crippen LogP contribution in [0.5, 0.6) is 0 Å². The van der Waals surface area contributed by atoms with Crippen LogP contribution < -0.4 is 26.6 Å². The summed E-state index contributed by atoms with van der Waals surface area (Å²) in [4.78, 5) is 87.7. The third-order valence-corrected chi connectivity index (χ3v) is 19.2. The average Bonchev–Trinajstić information content (AvgIpc) is 1.52. The molecule has 10 heterocycles. The van der Waals surface area contributed by atoms with Gasteiger partial charge in [0.2, 0.25) is 0 Å². The summed E-state index contributed by atoms with van der Waals surface area (Å²) >= 11 is 17.8. The zero-order chi connectivity index (χ0) is 73.1. The number of aromatic nitrogens is 12. The van der Waals surface area contributed by atoms with Crippen LogP contribution in [-0.2, 0) is 28.7 Å². The molecule has 28 heteroatoms. The number of hydrogen-bond acceptors (Lipinski definition) is 17. The lowest BCUT2D eigenvalue weighted by Crippen LogP contribution is -2.51. The molecule has 8 N–H and O–H groups in total. The number of hydrogen-bond donors (Lipinski definition) is 7. The van der Waals surface area contributed by atoms with E-state index in [2.05, 4.69) is 70.7 Å². The van der Waals surface area contributed by atoms with E-state index >= 15 is 0 Å². The molecule has 0 atom stereocenters. The Hall–Kier alpha value is -10.1. The number of benzene rings is 6. The first-order chi connectivity index (χ1) is 51.1. The van der Waals surface area contributed by atoms with Crippen LogP contribution in [0.1, 0.15) is 93.5 Å².